The van der Waals surface area contributed by atoms with Gasteiger partial charge in [0.2, 0.25) is 5.91 Å². The molecular formula is C26H32ClFN2O5. The fourth-order valence-corrected chi connectivity index (χ4v) is 4.15. The molecule has 0 aliphatic carbocycles. The fraction of sp³-hybridized carbons (Fsp3) is 0.423. The molecule has 0 saturated carbocycles. The van der Waals surface area contributed by atoms with Gasteiger partial charge in [-0.15, -0.1) is 0 Å². The SMILES string of the molecule is CCCCN(Cc1ccccc1)C(=O)C1CCN(Cc2c(F)cccc2Cl)CC1.O=C(O)C(=O)O. The predicted octanol–water partition coefficient (Wildman–Crippen LogP) is 4.68. The number of hydrogen-bond acceptors (Lipinski definition) is 4. The van der Waals surface area contributed by atoms with E-state index in [2.05, 4.69) is 24.0 Å². The normalized spacial score (nSPS) is 14.0. The molecule has 0 unspecified atom stereocenters. The number of halogens is 2. The minimum atomic E-state index is -1.82. The molecule has 190 valence electrons. The third kappa shape index (κ3) is 9.30. The van der Waals surface area contributed by atoms with Gasteiger partial charge >= 0.3 is 11.9 Å². The molecular weight excluding hydrogens is 475 g/mol. The molecule has 1 heterocycles. The summed E-state index contributed by atoms with van der Waals surface area (Å²) in [6.07, 6.45) is 3.70. The van der Waals surface area contributed by atoms with E-state index in [4.69, 9.17) is 31.4 Å². The molecule has 9 heteroatoms. The van der Waals surface area contributed by atoms with Crippen LogP contribution >= 0.6 is 11.6 Å². The van der Waals surface area contributed by atoms with Crippen molar-refractivity contribution in [1.29, 1.82) is 0 Å². The number of nitrogens with zero attached hydrogens (tertiary/aromatic N) is 2. The summed E-state index contributed by atoms with van der Waals surface area (Å²) in [4.78, 5) is 35.6. The summed E-state index contributed by atoms with van der Waals surface area (Å²) in [5.74, 6) is -3.61. The third-order valence-corrected chi connectivity index (χ3v) is 6.23. The van der Waals surface area contributed by atoms with Gasteiger partial charge in [-0.2, -0.15) is 0 Å². The number of benzene rings is 2. The Morgan fingerprint density at radius 1 is 1.03 bits per heavy atom. The zero-order valence-corrected chi connectivity index (χ0v) is 20.6. The van der Waals surface area contributed by atoms with Gasteiger partial charge in [-0.05, 0) is 50.0 Å². The lowest BCUT2D eigenvalue weighted by Crippen LogP contribution is -2.42. The van der Waals surface area contributed by atoms with Crippen molar-refractivity contribution >= 4 is 29.4 Å². The zero-order chi connectivity index (χ0) is 25.8. The Balaban J connectivity index is 0.000000641. The number of unbranched alkanes of at least 4 members (excludes halogenated alkanes) is 1. The fourth-order valence-electron chi connectivity index (χ4n) is 3.92. The van der Waals surface area contributed by atoms with Crippen LogP contribution in [0.1, 0.15) is 43.7 Å². The van der Waals surface area contributed by atoms with Crippen LogP contribution in [-0.4, -0.2) is 57.5 Å². The van der Waals surface area contributed by atoms with E-state index in [0.29, 0.717) is 23.7 Å². The lowest BCUT2D eigenvalue weighted by Gasteiger charge is -2.34. The topological polar surface area (TPSA) is 98.2 Å². The van der Waals surface area contributed by atoms with Crippen LogP contribution in [0.2, 0.25) is 5.02 Å². The Kier molecular flexibility index (Phi) is 11.7. The van der Waals surface area contributed by atoms with Crippen LogP contribution in [0, 0.1) is 11.7 Å². The van der Waals surface area contributed by atoms with Crippen molar-refractivity contribution in [2.45, 2.75) is 45.7 Å². The molecule has 3 rings (SSSR count). The van der Waals surface area contributed by atoms with E-state index in [1.165, 1.54) is 11.6 Å². The van der Waals surface area contributed by atoms with Crippen LogP contribution < -0.4 is 0 Å². The first kappa shape index (κ1) is 28.3. The summed E-state index contributed by atoms with van der Waals surface area (Å²) in [6, 6.07) is 15.0. The largest absolute Gasteiger partial charge is 0.473 e. The van der Waals surface area contributed by atoms with E-state index in [1.807, 2.05) is 23.1 Å². The maximum atomic E-state index is 14.1. The maximum absolute atomic E-state index is 14.1. The van der Waals surface area contributed by atoms with E-state index in [0.717, 1.165) is 45.3 Å². The molecule has 0 bridgehead atoms. The molecule has 1 saturated heterocycles. The third-order valence-electron chi connectivity index (χ3n) is 5.87. The molecule has 1 aliphatic heterocycles. The molecule has 2 aromatic rings. The van der Waals surface area contributed by atoms with Crippen molar-refractivity contribution in [3.05, 3.63) is 70.5 Å². The van der Waals surface area contributed by atoms with Crippen LogP contribution in [0.4, 0.5) is 4.39 Å². The molecule has 0 atom stereocenters. The zero-order valence-electron chi connectivity index (χ0n) is 19.8. The second kappa shape index (κ2) is 14.4. The van der Waals surface area contributed by atoms with Crippen molar-refractivity contribution in [1.82, 2.24) is 9.80 Å². The number of carboxylic acid groups (broad SMARTS) is 2. The van der Waals surface area contributed by atoms with Gasteiger partial charge in [0, 0.05) is 36.1 Å². The van der Waals surface area contributed by atoms with Crippen molar-refractivity contribution in [3.63, 3.8) is 0 Å². The Morgan fingerprint density at radius 3 is 2.20 bits per heavy atom. The minimum absolute atomic E-state index is 0.0444. The van der Waals surface area contributed by atoms with Crippen molar-refractivity contribution in [2.75, 3.05) is 19.6 Å². The molecule has 0 aromatic heterocycles. The lowest BCUT2D eigenvalue weighted by molar-refractivity contribution is -0.159. The molecule has 7 nitrogen and oxygen atoms in total. The molecule has 0 radical (unpaired) electrons. The van der Waals surface area contributed by atoms with Crippen LogP contribution in [0.25, 0.3) is 0 Å². The van der Waals surface area contributed by atoms with Gasteiger partial charge in [0.15, 0.2) is 0 Å². The second-order valence-electron chi connectivity index (χ2n) is 8.46. The van der Waals surface area contributed by atoms with Gasteiger partial charge in [0.1, 0.15) is 5.82 Å². The molecule has 2 N–H and O–H groups in total. The summed E-state index contributed by atoms with van der Waals surface area (Å²) in [5, 5.41) is 15.3. The number of piperidine rings is 1. The minimum Gasteiger partial charge on any atom is -0.473 e. The number of hydrogen-bond donors (Lipinski definition) is 2. The monoisotopic (exact) mass is 506 g/mol. The highest BCUT2D eigenvalue weighted by Crippen LogP contribution is 2.26. The quantitative estimate of drug-likeness (QED) is 0.505. The summed E-state index contributed by atoms with van der Waals surface area (Å²) < 4.78 is 14.1. The van der Waals surface area contributed by atoms with Crippen molar-refractivity contribution in [3.8, 4) is 0 Å². The molecule has 2 aromatic carbocycles. The van der Waals surface area contributed by atoms with Gasteiger partial charge in [-0.1, -0.05) is 61.3 Å². The molecule has 1 aliphatic rings. The Hall–Kier alpha value is -2.97. The number of carboxylic acids is 2. The van der Waals surface area contributed by atoms with E-state index in [9.17, 15) is 9.18 Å². The van der Waals surface area contributed by atoms with Gasteiger partial charge in [0.05, 0.1) is 0 Å². The van der Waals surface area contributed by atoms with Crippen molar-refractivity contribution in [2.24, 2.45) is 5.92 Å². The van der Waals surface area contributed by atoms with E-state index in [-0.39, 0.29) is 17.6 Å². The lowest BCUT2D eigenvalue weighted by atomic mass is 9.94. The van der Waals surface area contributed by atoms with Crippen LogP contribution in [0.3, 0.4) is 0 Å². The van der Waals surface area contributed by atoms with Crippen LogP contribution in [0.5, 0.6) is 0 Å². The Bertz CT molecular complexity index is 949. The molecule has 1 fully saturated rings. The Morgan fingerprint density at radius 2 is 1.66 bits per heavy atom. The first-order valence-electron chi connectivity index (χ1n) is 11.7. The number of amides is 1. The summed E-state index contributed by atoms with van der Waals surface area (Å²) >= 11 is 6.17. The van der Waals surface area contributed by atoms with E-state index >= 15 is 0 Å². The molecule has 0 spiro atoms. The summed E-state index contributed by atoms with van der Waals surface area (Å²) in [6.45, 7) is 5.69. The standard InChI is InChI=1S/C24H30ClFN2O.C2H2O4/c1-2-3-14-28(17-19-8-5-4-6-9-19)24(29)20-12-15-27(16-13-20)18-21-22(25)10-7-11-23(21)26;3-1(4)2(5)6/h4-11,20H,2-3,12-18H2,1H3;(H,3,4)(H,5,6). The summed E-state index contributed by atoms with van der Waals surface area (Å²) in [5.41, 5.74) is 1.72. The number of carbonyl (C=O) groups is 3. The van der Waals surface area contributed by atoms with Gasteiger partial charge in [0.25, 0.3) is 0 Å². The van der Waals surface area contributed by atoms with Gasteiger partial charge in [-0.25, -0.2) is 14.0 Å². The smallest absolute Gasteiger partial charge is 0.414 e. The highest BCUT2D eigenvalue weighted by molar-refractivity contribution is 6.31. The van der Waals surface area contributed by atoms with Crippen molar-refractivity contribution < 1.29 is 29.0 Å². The number of carbonyl (C=O) groups excluding carboxylic acids is 1. The van der Waals surface area contributed by atoms with E-state index in [1.54, 1.807) is 12.1 Å². The number of rotatable bonds is 8. The Labute approximate surface area is 210 Å². The van der Waals surface area contributed by atoms with Gasteiger partial charge in [-0.3, -0.25) is 9.69 Å². The first-order chi connectivity index (χ1) is 16.7. The summed E-state index contributed by atoms with van der Waals surface area (Å²) in [7, 11) is 0. The van der Waals surface area contributed by atoms with Gasteiger partial charge < -0.3 is 15.1 Å². The van der Waals surface area contributed by atoms with Crippen LogP contribution in [-0.2, 0) is 27.5 Å². The van der Waals surface area contributed by atoms with E-state index < -0.39 is 11.9 Å². The molecule has 35 heavy (non-hydrogen) atoms. The highest BCUT2D eigenvalue weighted by Gasteiger charge is 2.29. The van der Waals surface area contributed by atoms with Crippen LogP contribution in [0.15, 0.2) is 48.5 Å². The predicted molar refractivity (Wildman–Crippen MR) is 131 cm³/mol. The maximum Gasteiger partial charge on any atom is 0.414 e. The average Bonchev–Trinajstić information content (AvgIpc) is 2.85. The second-order valence-corrected chi connectivity index (χ2v) is 8.87. The number of aliphatic carboxylic acids is 2. The average molecular weight is 507 g/mol. The first-order valence-corrected chi connectivity index (χ1v) is 12.0. The number of likely N-dealkylation sites (tertiary alicyclic amines) is 1. The molecule has 1 amide bonds. The highest BCUT2D eigenvalue weighted by atomic mass is 35.5.